The van der Waals surface area contributed by atoms with Gasteiger partial charge < -0.3 is 20.9 Å². The van der Waals surface area contributed by atoms with Gasteiger partial charge in [-0.2, -0.15) is 0 Å². The first-order valence-electron chi connectivity index (χ1n) is 5.15. The van der Waals surface area contributed by atoms with Crippen LogP contribution in [0, 0.1) is 5.92 Å². The summed E-state index contributed by atoms with van der Waals surface area (Å²) in [6.45, 7) is 3.47. The molecule has 0 saturated carbocycles. The van der Waals surface area contributed by atoms with Crippen molar-refractivity contribution in [1.82, 2.24) is 5.32 Å². The maximum atomic E-state index is 11.5. The van der Waals surface area contributed by atoms with Crippen molar-refractivity contribution in [2.45, 2.75) is 32.4 Å². The summed E-state index contributed by atoms with van der Waals surface area (Å²) in [6.07, 6.45) is -0.428. The number of rotatable bonds is 6. The first-order chi connectivity index (χ1) is 7.79. The van der Waals surface area contributed by atoms with E-state index in [4.69, 9.17) is 10.8 Å². The van der Waals surface area contributed by atoms with Gasteiger partial charge >= 0.3 is 11.9 Å². The van der Waals surface area contributed by atoms with Crippen molar-refractivity contribution in [3.8, 4) is 0 Å². The molecule has 0 aliphatic carbocycles. The lowest BCUT2D eigenvalue weighted by atomic mass is 10.0. The Labute approximate surface area is 99.3 Å². The third-order valence-corrected chi connectivity index (χ3v) is 2.23. The number of ether oxygens (including phenoxy) is 1. The van der Waals surface area contributed by atoms with E-state index in [-0.39, 0.29) is 5.92 Å². The number of aliphatic carboxylic acids is 1. The summed E-state index contributed by atoms with van der Waals surface area (Å²) in [6, 6.07) is -2.13. The maximum absolute atomic E-state index is 11.5. The number of hydrogen-bond donors (Lipinski definition) is 3. The smallest absolute Gasteiger partial charge is 0.326 e. The van der Waals surface area contributed by atoms with Crippen molar-refractivity contribution in [2.24, 2.45) is 11.7 Å². The molecule has 7 heteroatoms. The van der Waals surface area contributed by atoms with E-state index in [0.717, 1.165) is 7.11 Å². The molecule has 0 aromatic carbocycles. The topological polar surface area (TPSA) is 119 Å². The van der Waals surface area contributed by atoms with Crippen molar-refractivity contribution >= 4 is 17.8 Å². The largest absolute Gasteiger partial charge is 0.480 e. The van der Waals surface area contributed by atoms with Gasteiger partial charge in [0.1, 0.15) is 6.04 Å². The van der Waals surface area contributed by atoms with Gasteiger partial charge in [-0.1, -0.05) is 13.8 Å². The van der Waals surface area contributed by atoms with E-state index in [0.29, 0.717) is 0 Å². The summed E-state index contributed by atoms with van der Waals surface area (Å²) >= 11 is 0. The zero-order chi connectivity index (χ0) is 13.6. The summed E-state index contributed by atoms with van der Waals surface area (Å²) in [4.78, 5) is 33.3. The van der Waals surface area contributed by atoms with Crippen LogP contribution in [0.25, 0.3) is 0 Å². The lowest BCUT2D eigenvalue weighted by Crippen LogP contribution is -2.51. The molecule has 0 fully saturated rings. The number of carbonyl (C=O) groups is 3. The molecule has 0 bridgehead atoms. The highest BCUT2D eigenvalue weighted by molar-refractivity contribution is 5.89. The molecule has 0 aliphatic rings. The Morgan fingerprint density at radius 1 is 1.35 bits per heavy atom. The van der Waals surface area contributed by atoms with Gasteiger partial charge in [0.05, 0.1) is 19.6 Å². The SMILES string of the molecule is COC(=O)C[C@H](NC(=O)[C@@H](N)C(C)C)C(=O)O. The maximum Gasteiger partial charge on any atom is 0.326 e. The molecule has 1 amide bonds. The molecule has 7 nitrogen and oxygen atoms in total. The summed E-state index contributed by atoms with van der Waals surface area (Å²) in [7, 11) is 1.14. The Balaban J connectivity index is 4.50. The fourth-order valence-corrected chi connectivity index (χ4v) is 1.02. The lowest BCUT2D eigenvalue weighted by molar-refractivity contribution is -0.149. The van der Waals surface area contributed by atoms with Crippen LogP contribution in [0.15, 0.2) is 0 Å². The van der Waals surface area contributed by atoms with E-state index < -0.39 is 36.4 Å². The number of amides is 1. The standard InChI is InChI=1S/C10H18N2O5/c1-5(2)8(11)9(14)12-6(10(15)16)4-7(13)17-3/h5-6,8H,4,11H2,1-3H3,(H,12,14)(H,15,16)/t6-,8-/m0/s1. The predicted molar refractivity (Wildman–Crippen MR) is 59.0 cm³/mol. The predicted octanol–water partition coefficient (Wildman–Crippen LogP) is -0.898. The highest BCUT2D eigenvalue weighted by Gasteiger charge is 2.27. The van der Waals surface area contributed by atoms with E-state index in [1.54, 1.807) is 13.8 Å². The van der Waals surface area contributed by atoms with Crippen molar-refractivity contribution in [3.63, 3.8) is 0 Å². The first-order valence-corrected chi connectivity index (χ1v) is 5.15. The van der Waals surface area contributed by atoms with E-state index in [2.05, 4.69) is 10.1 Å². The molecule has 0 aromatic rings. The summed E-state index contributed by atoms with van der Waals surface area (Å²) in [5.74, 6) is -2.74. The number of nitrogens with one attached hydrogen (secondary N) is 1. The van der Waals surface area contributed by atoms with Crippen LogP contribution >= 0.6 is 0 Å². The quantitative estimate of drug-likeness (QED) is 0.523. The van der Waals surface area contributed by atoms with Crippen molar-refractivity contribution in [1.29, 1.82) is 0 Å². The van der Waals surface area contributed by atoms with Gasteiger partial charge in [0.25, 0.3) is 0 Å². The molecular weight excluding hydrogens is 228 g/mol. The summed E-state index contributed by atoms with van der Waals surface area (Å²) in [5, 5.41) is 11.0. The number of esters is 1. The molecule has 2 atom stereocenters. The Morgan fingerprint density at radius 2 is 1.88 bits per heavy atom. The van der Waals surface area contributed by atoms with Crippen LogP contribution in [0.5, 0.6) is 0 Å². The Morgan fingerprint density at radius 3 is 2.24 bits per heavy atom. The minimum absolute atomic E-state index is 0.123. The van der Waals surface area contributed by atoms with Crippen LogP contribution < -0.4 is 11.1 Å². The van der Waals surface area contributed by atoms with E-state index in [1.807, 2.05) is 0 Å². The van der Waals surface area contributed by atoms with Crippen LogP contribution in [0.3, 0.4) is 0 Å². The average molecular weight is 246 g/mol. The van der Waals surface area contributed by atoms with Crippen LogP contribution in [0.2, 0.25) is 0 Å². The van der Waals surface area contributed by atoms with Gasteiger partial charge in [-0.05, 0) is 5.92 Å². The monoisotopic (exact) mass is 246 g/mol. The Hall–Kier alpha value is -1.63. The molecule has 0 saturated heterocycles. The molecular formula is C10H18N2O5. The number of methoxy groups -OCH3 is 1. The normalized spacial score (nSPS) is 13.9. The second-order valence-electron chi connectivity index (χ2n) is 3.95. The number of carboxylic acids is 1. The van der Waals surface area contributed by atoms with E-state index in [9.17, 15) is 14.4 Å². The van der Waals surface area contributed by atoms with Crippen LogP contribution in [0.1, 0.15) is 20.3 Å². The third kappa shape index (κ3) is 5.30. The van der Waals surface area contributed by atoms with Gasteiger partial charge in [0, 0.05) is 0 Å². The van der Waals surface area contributed by atoms with Gasteiger partial charge in [-0.3, -0.25) is 9.59 Å². The number of hydrogen-bond acceptors (Lipinski definition) is 5. The molecule has 0 aromatic heterocycles. The van der Waals surface area contributed by atoms with Gasteiger partial charge in [0.2, 0.25) is 5.91 Å². The molecule has 98 valence electrons. The average Bonchev–Trinajstić information content (AvgIpc) is 2.26. The highest BCUT2D eigenvalue weighted by Crippen LogP contribution is 2.01. The van der Waals surface area contributed by atoms with E-state index >= 15 is 0 Å². The van der Waals surface area contributed by atoms with Crippen LogP contribution in [-0.4, -0.2) is 42.1 Å². The van der Waals surface area contributed by atoms with Crippen molar-refractivity contribution in [3.05, 3.63) is 0 Å². The van der Waals surface area contributed by atoms with E-state index in [1.165, 1.54) is 0 Å². The summed E-state index contributed by atoms with van der Waals surface area (Å²) < 4.78 is 4.34. The van der Waals surface area contributed by atoms with Gasteiger partial charge in [-0.25, -0.2) is 4.79 Å². The highest BCUT2D eigenvalue weighted by atomic mass is 16.5. The minimum atomic E-state index is -1.32. The second kappa shape index (κ2) is 6.85. The number of carboxylic acid groups (broad SMARTS) is 1. The molecule has 0 heterocycles. The van der Waals surface area contributed by atoms with Gasteiger partial charge in [-0.15, -0.1) is 0 Å². The lowest BCUT2D eigenvalue weighted by Gasteiger charge is -2.19. The molecule has 0 spiro atoms. The van der Waals surface area contributed by atoms with Crippen molar-refractivity contribution in [2.75, 3.05) is 7.11 Å². The molecule has 0 aliphatic heterocycles. The fraction of sp³-hybridized carbons (Fsp3) is 0.700. The fourth-order valence-electron chi connectivity index (χ4n) is 1.02. The third-order valence-electron chi connectivity index (χ3n) is 2.23. The Bertz CT molecular complexity index is 303. The number of carbonyl (C=O) groups excluding carboxylic acids is 2. The van der Waals surface area contributed by atoms with Crippen molar-refractivity contribution < 1.29 is 24.2 Å². The zero-order valence-corrected chi connectivity index (χ0v) is 10.1. The second-order valence-corrected chi connectivity index (χ2v) is 3.95. The number of nitrogens with two attached hydrogens (primary N) is 1. The first kappa shape index (κ1) is 15.4. The molecule has 0 rings (SSSR count). The zero-order valence-electron chi connectivity index (χ0n) is 10.1. The van der Waals surface area contributed by atoms with Crippen LogP contribution in [-0.2, 0) is 19.1 Å². The molecule has 0 unspecified atom stereocenters. The minimum Gasteiger partial charge on any atom is -0.480 e. The summed E-state index contributed by atoms with van der Waals surface area (Å²) in [5.41, 5.74) is 5.55. The van der Waals surface area contributed by atoms with Gasteiger partial charge in [0.15, 0.2) is 0 Å². The molecule has 0 radical (unpaired) electrons. The molecule has 17 heavy (non-hydrogen) atoms. The molecule has 4 N–H and O–H groups in total. The Kier molecular flexibility index (Phi) is 6.19. The van der Waals surface area contributed by atoms with Crippen LogP contribution in [0.4, 0.5) is 0 Å².